The van der Waals surface area contributed by atoms with Crippen LogP contribution in [0.2, 0.25) is 0 Å². The van der Waals surface area contributed by atoms with Crippen molar-refractivity contribution < 1.29 is 9.26 Å². The van der Waals surface area contributed by atoms with Gasteiger partial charge in [-0.1, -0.05) is 11.2 Å². The second-order valence-electron chi connectivity index (χ2n) is 5.67. The summed E-state index contributed by atoms with van der Waals surface area (Å²) in [6.45, 7) is 4.29. The lowest BCUT2D eigenvalue weighted by Crippen LogP contribution is -2.35. The maximum absolute atomic E-state index is 5.72. The zero-order chi connectivity index (χ0) is 14.2. The van der Waals surface area contributed by atoms with Gasteiger partial charge in [0.2, 0.25) is 5.82 Å². The third-order valence-electron chi connectivity index (χ3n) is 4.08. The van der Waals surface area contributed by atoms with Crippen molar-refractivity contribution in [3.8, 4) is 11.5 Å². The number of rotatable bonds is 2. The average molecular weight is 286 g/mol. The van der Waals surface area contributed by atoms with Crippen LogP contribution in [-0.2, 0) is 17.8 Å². The second-order valence-corrected chi connectivity index (χ2v) is 5.67. The molecule has 1 atom stereocenters. The second kappa shape index (κ2) is 5.22. The number of hydrogen-bond donors (Lipinski definition) is 1. The summed E-state index contributed by atoms with van der Waals surface area (Å²) in [7, 11) is 2.07. The molecule has 1 saturated heterocycles. The zero-order valence-corrected chi connectivity index (χ0v) is 12.0. The maximum atomic E-state index is 5.72. The van der Waals surface area contributed by atoms with Gasteiger partial charge in [-0.05, 0) is 30.3 Å². The van der Waals surface area contributed by atoms with Crippen LogP contribution in [0.5, 0.6) is 0 Å². The number of nitrogens with one attached hydrogen (secondary N) is 1. The molecule has 0 spiro atoms. The van der Waals surface area contributed by atoms with Crippen LogP contribution in [0.3, 0.4) is 0 Å². The van der Waals surface area contributed by atoms with Crippen molar-refractivity contribution in [1.82, 2.24) is 20.4 Å². The van der Waals surface area contributed by atoms with Crippen LogP contribution >= 0.6 is 0 Å². The highest BCUT2D eigenvalue weighted by Crippen LogP contribution is 2.26. The van der Waals surface area contributed by atoms with Crippen LogP contribution in [0.1, 0.15) is 23.1 Å². The lowest BCUT2D eigenvalue weighted by atomic mass is 10.1. The monoisotopic (exact) mass is 286 g/mol. The van der Waals surface area contributed by atoms with Crippen molar-refractivity contribution >= 4 is 0 Å². The molecule has 1 aromatic heterocycles. The first-order chi connectivity index (χ1) is 10.3. The molecular weight excluding hydrogens is 268 g/mol. The topological polar surface area (TPSA) is 63.4 Å². The molecule has 1 N–H and O–H groups in total. The van der Waals surface area contributed by atoms with E-state index < -0.39 is 0 Å². The lowest BCUT2D eigenvalue weighted by Gasteiger charge is -2.27. The molecule has 0 aliphatic carbocycles. The van der Waals surface area contributed by atoms with Gasteiger partial charge in [0.15, 0.2) is 0 Å². The highest BCUT2D eigenvalue weighted by molar-refractivity contribution is 5.56. The number of ether oxygens (including phenoxy) is 1. The highest BCUT2D eigenvalue weighted by Gasteiger charge is 2.25. The first-order valence-electron chi connectivity index (χ1n) is 7.26. The summed E-state index contributed by atoms with van der Waals surface area (Å²) in [5.74, 6) is 1.20. The van der Waals surface area contributed by atoms with Crippen LogP contribution in [-0.4, -0.2) is 41.8 Å². The molecule has 3 heterocycles. The average Bonchev–Trinajstić information content (AvgIpc) is 3.15. The van der Waals surface area contributed by atoms with Gasteiger partial charge >= 0.3 is 0 Å². The fourth-order valence-corrected chi connectivity index (χ4v) is 2.84. The number of aromatic nitrogens is 2. The fraction of sp³-hybridized carbons (Fsp3) is 0.467. The Morgan fingerprint density at radius 1 is 1.29 bits per heavy atom. The van der Waals surface area contributed by atoms with E-state index in [0.717, 1.165) is 31.7 Å². The van der Waals surface area contributed by atoms with Crippen LogP contribution in [0, 0.1) is 0 Å². The van der Waals surface area contributed by atoms with E-state index in [2.05, 4.69) is 39.5 Å². The van der Waals surface area contributed by atoms with E-state index in [9.17, 15) is 0 Å². The van der Waals surface area contributed by atoms with Gasteiger partial charge in [0.1, 0.15) is 6.10 Å². The van der Waals surface area contributed by atoms with Gasteiger partial charge in [0, 0.05) is 31.7 Å². The quantitative estimate of drug-likeness (QED) is 0.899. The van der Waals surface area contributed by atoms with Crippen LogP contribution in [0.4, 0.5) is 0 Å². The molecule has 110 valence electrons. The van der Waals surface area contributed by atoms with Crippen molar-refractivity contribution in [1.29, 1.82) is 0 Å². The van der Waals surface area contributed by atoms with E-state index in [1.165, 1.54) is 11.1 Å². The Labute approximate surface area is 123 Å². The lowest BCUT2D eigenvalue weighted by molar-refractivity contribution is -0.0264. The van der Waals surface area contributed by atoms with Gasteiger partial charge in [0.25, 0.3) is 5.89 Å². The molecule has 1 aromatic carbocycles. The first-order valence-corrected chi connectivity index (χ1v) is 7.26. The Morgan fingerprint density at radius 2 is 2.19 bits per heavy atom. The summed E-state index contributed by atoms with van der Waals surface area (Å²) in [6.07, 6.45) is -0.0997. The summed E-state index contributed by atoms with van der Waals surface area (Å²) in [6, 6.07) is 6.29. The first kappa shape index (κ1) is 12.9. The van der Waals surface area contributed by atoms with E-state index in [-0.39, 0.29) is 6.10 Å². The van der Waals surface area contributed by atoms with Crippen molar-refractivity contribution in [3.63, 3.8) is 0 Å². The normalized spacial score (nSPS) is 22.4. The summed E-state index contributed by atoms with van der Waals surface area (Å²) in [5.41, 5.74) is 3.62. The Morgan fingerprint density at radius 3 is 3.10 bits per heavy atom. The number of nitrogens with zero attached hydrogens (tertiary/aromatic N) is 3. The number of hydrogen-bond acceptors (Lipinski definition) is 6. The molecule has 2 aromatic rings. The van der Waals surface area contributed by atoms with Crippen LogP contribution < -0.4 is 5.32 Å². The number of likely N-dealkylation sites (N-methyl/N-ethyl adjacent to an activating group) is 1. The minimum atomic E-state index is -0.0997. The van der Waals surface area contributed by atoms with E-state index in [4.69, 9.17) is 9.26 Å². The summed E-state index contributed by atoms with van der Waals surface area (Å²) < 4.78 is 11.1. The molecule has 1 unspecified atom stereocenters. The third kappa shape index (κ3) is 2.46. The minimum absolute atomic E-state index is 0.0997. The molecule has 0 bridgehead atoms. The van der Waals surface area contributed by atoms with Gasteiger partial charge in [-0.25, -0.2) is 0 Å². The molecule has 4 rings (SSSR count). The summed E-state index contributed by atoms with van der Waals surface area (Å²) >= 11 is 0. The molecule has 0 saturated carbocycles. The molecule has 2 aliphatic heterocycles. The Bertz CT molecular complexity index is 655. The number of fused-ring (bicyclic) bond motifs is 1. The predicted molar refractivity (Wildman–Crippen MR) is 76.5 cm³/mol. The van der Waals surface area contributed by atoms with Crippen molar-refractivity contribution in [2.24, 2.45) is 0 Å². The van der Waals surface area contributed by atoms with Crippen molar-refractivity contribution in [3.05, 3.63) is 35.2 Å². The van der Waals surface area contributed by atoms with Crippen molar-refractivity contribution in [2.75, 3.05) is 26.7 Å². The number of morpholine rings is 1. The molecule has 0 radical (unpaired) electrons. The van der Waals surface area contributed by atoms with E-state index in [0.29, 0.717) is 18.3 Å². The Hall–Kier alpha value is -1.76. The van der Waals surface area contributed by atoms with Gasteiger partial charge in [-0.15, -0.1) is 0 Å². The molecule has 6 heteroatoms. The van der Waals surface area contributed by atoms with Gasteiger partial charge in [0.05, 0.1) is 6.61 Å². The van der Waals surface area contributed by atoms with Gasteiger partial charge < -0.3 is 19.5 Å². The van der Waals surface area contributed by atoms with Gasteiger partial charge in [-0.3, -0.25) is 0 Å². The Kier molecular flexibility index (Phi) is 3.21. The van der Waals surface area contributed by atoms with E-state index >= 15 is 0 Å². The smallest absolute Gasteiger partial charge is 0.258 e. The molecule has 2 aliphatic rings. The summed E-state index contributed by atoms with van der Waals surface area (Å²) in [4.78, 5) is 6.73. The largest absolute Gasteiger partial charge is 0.367 e. The standard InChI is InChI=1S/C15H18N4O2/c1-19-4-5-20-13(9-19)14-17-15(21-18-14)10-2-3-11-7-16-8-12(11)6-10/h2-3,6,13,16H,4-5,7-9H2,1H3. The zero-order valence-electron chi connectivity index (χ0n) is 12.0. The maximum Gasteiger partial charge on any atom is 0.258 e. The predicted octanol–water partition coefficient (Wildman–Crippen LogP) is 1.34. The molecule has 1 fully saturated rings. The highest BCUT2D eigenvalue weighted by atomic mass is 16.5. The molecular formula is C15H18N4O2. The van der Waals surface area contributed by atoms with E-state index in [1.54, 1.807) is 0 Å². The SMILES string of the molecule is CN1CCOC(c2noc(-c3ccc4c(c3)CNC4)n2)C1. The fourth-order valence-electron chi connectivity index (χ4n) is 2.84. The molecule has 0 amide bonds. The molecule has 6 nitrogen and oxygen atoms in total. The van der Waals surface area contributed by atoms with Crippen molar-refractivity contribution in [2.45, 2.75) is 19.2 Å². The number of benzene rings is 1. The minimum Gasteiger partial charge on any atom is -0.367 e. The van der Waals surface area contributed by atoms with Gasteiger partial charge in [-0.2, -0.15) is 4.98 Å². The van der Waals surface area contributed by atoms with E-state index in [1.807, 2.05) is 6.07 Å². The van der Waals surface area contributed by atoms with Crippen LogP contribution in [0.25, 0.3) is 11.5 Å². The molecule has 21 heavy (non-hydrogen) atoms. The Balaban J connectivity index is 1.59. The third-order valence-corrected chi connectivity index (χ3v) is 4.08. The summed E-state index contributed by atoms with van der Waals surface area (Å²) in [5, 5.41) is 7.43. The van der Waals surface area contributed by atoms with Crippen LogP contribution in [0.15, 0.2) is 22.7 Å².